The third kappa shape index (κ3) is 3.11. The Bertz CT molecular complexity index is 676. The normalized spacial score (nSPS) is 18.8. The summed E-state index contributed by atoms with van der Waals surface area (Å²) in [5.41, 5.74) is 12.8. The second-order valence-electron chi connectivity index (χ2n) is 6.54. The molecule has 1 aliphatic heterocycles. The van der Waals surface area contributed by atoms with Crippen LogP contribution in [0.15, 0.2) is 30.3 Å². The Balaban J connectivity index is 0.00000192. The smallest absolute Gasteiger partial charge is 0.127 e. The topological polar surface area (TPSA) is 47.3 Å². The van der Waals surface area contributed by atoms with Crippen LogP contribution in [0.4, 0.5) is 11.4 Å². The van der Waals surface area contributed by atoms with Gasteiger partial charge in [0.15, 0.2) is 0 Å². The van der Waals surface area contributed by atoms with Crippen LogP contribution < -0.4 is 15.8 Å². The van der Waals surface area contributed by atoms with E-state index in [1.807, 2.05) is 18.2 Å². The summed E-state index contributed by atoms with van der Waals surface area (Å²) in [5, 5.41) is 3.47. The van der Waals surface area contributed by atoms with Crippen LogP contribution >= 0.6 is 12.4 Å². The Morgan fingerprint density at radius 1 is 1.09 bits per heavy atom. The van der Waals surface area contributed by atoms with E-state index >= 15 is 0 Å². The summed E-state index contributed by atoms with van der Waals surface area (Å²) in [6.45, 7) is 9.19. The standard InChI is InChI=1S/C19H24N2O.ClH/c1-12-13(2)18-16(14(3)17(12)20)10-19(4,22-18)11-21-15-8-6-5-7-9-15;/h5-9,21H,10-11,20H2,1-4H3;1H. The van der Waals surface area contributed by atoms with Crippen LogP contribution in [0.5, 0.6) is 5.75 Å². The number of halogens is 1. The minimum atomic E-state index is -0.242. The van der Waals surface area contributed by atoms with Gasteiger partial charge >= 0.3 is 0 Å². The maximum atomic E-state index is 6.35. The number of nitrogen functional groups attached to an aromatic ring is 1. The first-order valence-corrected chi connectivity index (χ1v) is 7.77. The monoisotopic (exact) mass is 332 g/mol. The predicted molar refractivity (Wildman–Crippen MR) is 100.0 cm³/mol. The van der Waals surface area contributed by atoms with Gasteiger partial charge in [0.2, 0.25) is 0 Å². The lowest BCUT2D eigenvalue weighted by Crippen LogP contribution is -2.38. The number of anilines is 2. The molecule has 0 fully saturated rings. The fourth-order valence-electron chi connectivity index (χ4n) is 3.16. The molecule has 1 heterocycles. The molecule has 23 heavy (non-hydrogen) atoms. The average Bonchev–Trinajstić information content (AvgIpc) is 2.89. The number of benzene rings is 2. The molecule has 0 amide bonds. The summed E-state index contributed by atoms with van der Waals surface area (Å²) >= 11 is 0. The summed E-state index contributed by atoms with van der Waals surface area (Å²) < 4.78 is 6.35. The molecule has 1 unspecified atom stereocenters. The Morgan fingerprint density at radius 3 is 2.39 bits per heavy atom. The van der Waals surface area contributed by atoms with Gasteiger partial charge in [0, 0.05) is 23.4 Å². The van der Waals surface area contributed by atoms with Crippen LogP contribution in [0.3, 0.4) is 0 Å². The molecule has 2 aromatic carbocycles. The third-order valence-electron chi connectivity index (χ3n) is 4.78. The zero-order chi connectivity index (χ0) is 15.9. The van der Waals surface area contributed by atoms with Crippen molar-refractivity contribution in [2.24, 2.45) is 0 Å². The molecule has 0 bridgehead atoms. The highest BCUT2D eigenvalue weighted by Crippen LogP contribution is 2.43. The number of fused-ring (bicyclic) bond motifs is 1. The number of hydrogen-bond acceptors (Lipinski definition) is 3. The number of nitrogens with two attached hydrogens (primary N) is 1. The molecule has 0 radical (unpaired) electrons. The van der Waals surface area contributed by atoms with E-state index < -0.39 is 0 Å². The Hall–Kier alpha value is -1.87. The van der Waals surface area contributed by atoms with Gasteiger partial charge in [-0.05, 0) is 56.5 Å². The van der Waals surface area contributed by atoms with Crippen molar-refractivity contribution in [1.29, 1.82) is 0 Å². The van der Waals surface area contributed by atoms with Crippen LogP contribution in [0.25, 0.3) is 0 Å². The Kier molecular flexibility index (Phi) is 4.81. The van der Waals surface area contributed by atoms with Crippen molar-refractivity contribution >= 4 is 23.8 Å². The van der Waals surface area contributed by atoms with Crippen molar-refractivity contribution in [1.82, 2.24) is 0 Å². The summed E-state index contributed by atoms with van der Waals surface area (Å²) in [5.74, 6) is 1.03. The molecular weight excluding hydrogens is 308 g/mol. The lowest BCUT2D eigenvalue weighted by Gasteiger charge is -2.25. The van der Waals surface area contributed by atoms with Crippen molar-refractivity contribution in [3.8, 4) is 5.75 Å². The van der Waals surface area contributed by atoms with Crippen molar-refractivity contribution < 1.29 is 4.74 Å². The van der Waals surface area contributed by atoms with E-state index in [9.17, 15) is 0 Å². The molecule has 3 nitrogen and oxygen atoms in total. The minimum Gasteiger partial charge on any atom is -0.485 e. The highest BCUT2D eigenvalue weighted by molar-refractivity contribution is 5.85. The maximum absolute atomic E-state index is 6.35. The van der Waals surface area contributed by atoms with Gasteiger partial charge in [-0.2, -0.15) is 0 Å². The van der Waals surface area contributed by atoms with Gasteiger partial charge in [-0.3, -0.25) is 0 Å². The van der Waals surface area contributed by atoms with E-state index in [1.54, 1.807) is 0 Å². The molecule has 3 N–H and O–H groups in total. The van der Waals surface area contributed by atoms with Gasteiger partial charge in [0.05, 0.1) is 6.54 Å². The van der Waals surface area contributed by atoms with Gasteiger partial charge in [-0.15, -0.1) is 12.4 Å². The van der Waals surface area contributed by atoms with E-state index in [1.165, 1.54) is 16.7 Å². The lowest BCUT2D eigenvalue weighted by molar-refractivity contribution is 0.130. The van der Waals surface area contributed by atoms with E-state index in [2.05, 4.69) is 45.1 Å². The first-order chi connectivity index (χ1) is 10.4. The first-order valence-electron chi connectivity index (χ1n) is 7.77. The maximum Gasteiger partial charge on any atom is 0.127 e. The van der Waals surface area contributed by atoms with Gasteiger partial charge in [-0.25, -0.2) is 0 Å². The molecule has 0 saturated heterocycles. The fraction of sp³-hybridized carbons (Fsp3) is 0.368. The second-order valence-corrected chi connectivity index (χ2v) is 6.54. The average molecular weight is 333 g/mol. The van der Waals surface area contributed by atoms with Crippen molar-refractivity contribution in [2.45, 2.75) is 39.7 Å². The third-order valence-corrected chi connectivity index (χ3v) is 4.78. The molecule has 2 aromatic rings. The molecule has 0 spiro atoms. The lowest BCUT2D eigenvalue weighted by atomic mass is 9.92. The summed E-state index contributed by atoms with van der Waals surface area (Å²) in [7, 11) is 0. The molecule has 1 aliphatic rings. The van der Waals surface area contributed by atoms with Crippen LogP contribution in [-0.4, -0.2) is 12.1 Å². The molecule has 3 rings (SSSR count). The minimum absolute atomic E-state index is 0. The zero-order valence-corrected chi connectivity index (χ0v) is 15.0. The quantitative estimate of drug-likeness (QED) is 0.818. The molecule has 1 atom stereocenters. The molecule has 0 saturated carbocycles. The van der Waals surface area contributed by atoms with Crippen LogP contribution in [-0.2, 0) is 6.42 Å². The summed E-state index contributed by atoms with van der Waals surface area (Å²) in [6.07, 6.45) is 0.888. The Morgan fingerprint density at radius 2 is 1.74 bits per heavy atom. The highest BCUT2D eigenvalue weighted by atomic mass is 35.5. The number of ether oxygens (including phenoxy) is 1. The van der Waals surface area contributed by atoms with E-state index in [0.29, 0.717) is 0 Å². The zero-order valence-electron chi connectivity index (χ0n) is 14.2. The van der Waals surface area contributed by atoms with Crippen LogP contribution in [0, 0.1) is 20.8 Å². The molecule has 0 aromatic heterocycles. The summed E-state index contributed by atoms with van der Waals surface area (Å²) in [4.78, 5) is 0. The largest absolute Gasteiger partial charge is 0.485 e. The Labute approximate surface area is 144 Å². The fourth-order valence-corrected chi connectivity index (χ4v) is 3.16. The molecule has 4 heteroatoms. The van der Waals surface area contributed by atoms with E-state index in [-0.39, 0.29) is 18.0 Å². The predicted octanol–water partition coefficient (Wildman–Crippen LogP) is 4.42. The molecule has 124 valence electrons. The summed E-state index contributed by atoms with van der Waals surface area (Å²) in [6, 6.07) is 10.2. The van der Waals surface area contributed by atoms with Crippen molar-refractivity contribution in [3.63, 3.8) is 0 Å². The second kappa shape index (κ2) is 6.32. The van der Waals surface area contributed by atoms with E-state index in [4.69, 9.17) is 10.5 Å². The van der Waals surface area contributed by atoms with E-state index in [0.717, 1.165) is 35.7 Å². The van der Waals surface area contributed by atoms with Crippen LogP contribution in [0.1, 0.15) is 29.2 Å². The number of rotatable bonds is 3. The molecule has 0 aliphatic carbocycles. The SMILES string of the molecule is Cc1c(C)c2c(c(C)c1N)CC(C)(CNc1ccccc1)O2.Cl. The van der Waals surface area contributed by atoms with Gasteiger partial charge < -0.3 is 15.8 Å². The molecular formula is C19H25ClN2O. The first kappa shape index (κ1) is 17.5. The number of para-hydroxylation sites is 1. The number of nitrogens with one attached hydrogen (secondary N) is 1. The van der Waals surface area contributed by atoms with Crippen molar-refractivity contribution in [3.05, 3.63) is 52.6 Å². The number of hydrogen-bond donors (Lipinski definition) is 2. The van der Waals surface area contributed by atoms with Gasteiger partial charge in [0.1, 0.15) is 11.4 Å². The highest BCUT2D eigenvalue weighted by Gasteiger charge is 2.37. The van der Waals surface area contributed by atoms with Crippen molar-refractivity contribution in [2.75, 3.05) is 17.6 Å². The van der Waals surface area contributed by atoms with Gasteiger partial charge in [0.25, 0.3) is 0 Å². The van der Waals surface area contributed by atoms with Gasteiger partial charge in [-0.1, -0.05) is 18.2 Å². The van der Waals surface area contributed by atoms with Crippen LogP contribution in [0.2, 0.25) is 0 Å².